The SMILES string of the molecule is CCC[CH2][Sn]([CH2]CCC)([CH2]CCC)[c]1cccc2c1C[C@@H](N1CCN(c3ccccc3)CC1)[C@H](O)C2. The Morgan fingerprint density at radius 2 is 1.36 bits per heavy atom. The number of fused-ring (bicyclic) bond motifs is 1. The summed E-state index contributed by atoms with van der Waals surface area (Å²) in [5, 5.41) is 11.3. The minimum absolute atomic E-state index is 0.248. The number of nitrogens with zero attached hydrogens (tertiary/aromatic N) is 2. The molecule has 4 rings (SSSR count). The van der Waals surface area contributed by atoms with E-state index in [-0.39, 0.29) is 12.1 Å². The molecule has 0 unspecified atom stereocenters. The molecule has 2 atom stereocenters. The molecule has 1 heterocycles. The van der Waals surface area contributed by atoms with Crippen LogP contribution >= 0.6 is 0 Å². The molecule has 198 valence electrons. The molecule has 0 aromatic heterocycles. The third kappa shape index (κ3) is 6.50. The van der Waals surface area contributed by atoms with Crippen LogP contribution in [0.5, 0.6) is 0 Å². The Balaban J connectivity index is 1.58. The summed E-state index contributed by atoms with van der Waals surface area (Å²) >= 11 is -2.54. The van der Waals surface area contributed by atoms with E-state index in [9.17, 15) is 5.11 Å². The Bertz CT molecular complexity index is 903. The predicted octanol–water partition coefficient (Wildman–Crippen LogP) is 6.39. The minimum atomic E-state index is -2.54. The van der Waals surface area contributed by atoms with Gasteiger partial charge in [0.1, 0.15) is 0 Å². The van der Waals surface area contributed by atoms with Crippen LogP contribution in [-0.2, 0) is 12.8 Å². The van der Waals surface area contributed by atoms with E-state index in [0.717, 1.165) is 39.0 Å². The van der Waals surface area contributed by atoms with Gasteiger partial charge in [-0.05, 0) is 0 Å². The molecular weight excluding hydrogens is 547 g/mol. The molecule has 1 fully saturated rings. The van der Waals surface area contributed by atoms with Crippen molar-refractivity contribution in [3.63, 3.8) is 0 Å². The molecule has 0 bridgehead atoms. The molecule has 1 aliphatic heterocycles. The normalized spacial score (nSPS) is 20.9. The fourth-order valence-corrected chi connectivity index (χ4v) is 24.0. The van der Waals surface area contributed by atoms with E-state index in [2.05, 4.69) is 79.1 Å². The number of unbranched alkanes of at least 4 members (excludes halogenated alkanes) is 3. The molecule has 2 aliphatic rings. The zero-order valence-corrected chi connectivity index (χ0v) is 26.1. The van der Waals surface area contributed by atoms with Gasteiger partial charge in [0, 0.05) is 0 Å². The second kappa shape index (κ2) is 13.7. The Kier molecular flexibility index (Phi) is 10.6. The van der Waals surface area contributed by atoms with E-state index in [0.29, 0.717) is 0 Å². The van der Waals surface area contributed by atoms with Crippen LogP contribution in [0.1, 0.15) is 70.4 Å². The van der Waals surface area contributed by atoms with Gasteiger partial charge in [0.05, 0.1) is 0 Å². The van der Waals surface area contributed by atoms with Crippen LogP contribution in [0.25, 0.3) is 0 Å². The predicted molar refractivity (Wildman–Crippen MR) is 158 cm³/mol. The number of para-hydroxylation sites is 1. The summed E-state index contributed by atoms with van der Waals surface area (Å²) in [6, 6.07) is 18.3. The van der Waals surface area contributed by atoms with Gasteiger partial charge in [0.15, 0.2) is 0 Å². The first-order valence-electron chi connectivity index (χ1n) is 14.9. The summed E-state index contributed by atoms with van der Waals surface area (Å²) in [6.07, 6.45) is 9.81. The van der Waals surface area contributed by atoms with E-state index in [4.69, 9.17) is 0 Å². The van der Waals surface area contributed by atoms with Gasteiger partial charge < -0.3 is 0 Å². The summed E-state index contributed by atoms with van der Waals surface area (Å²) < 4.78 is 6.40. The van der Waals surface area contributed by atoms with Crippen molar-refractivity contribution in [3.8, 4) is 0 Å². The zero-order chi connectivity index (χ0) is 25.4. The van der Waals surface area contributed by atoms with Gasteiger partial charge in [-0.2, -0.15) is 0 Å². The van der Waals surface area contributed by atoms with E-state index < -0.39 is 18.4 Å². The van der Waals surface area contributed by atoms with Gasteiger partial charge >= 0.3 is 226 Å². The molecule has 36 heavy (non-hydrogen) atoms. The maximum absolute atomic E-state index is 11.3. The molecule has 2 aromatic rings. The van der Waals surface area contributed by atoms with Gasteiger partial charge in [-0.15, -0.1) is 0 Å². The van der Waals surface area contributed by atoms with Gasteiger partial charge in [-0.1, -0.05) is 0 Å². The van der Waals surface area contributed by atoms with Crippen LogP contribution < -0.4 is 8.48 Å². The van der Waals surface area contributed by atoms with Gasteiger partial charge in [0.25, 0.3) is 0 Å². The van der Waals surface area contributed by atoms with E-state index in [1.807, 2.05) is 3.58 Å². The molecule has 2 aromatic carbocycles. The third-order valence-corrected chi connectivity index (χ3v) is 24.9. The molecular formula is C32H50N2OSn. The van der Waals surface area contributed by atoms with Crippen LogP contribution in [0.15, 0.2) is 48.5 Å². The number of rotatable bonds is 12. The van der Waals surface area contributed by atoms with Crippen molar-refractivity contribution < 1.29 is 5.11 Å². The van der Waals surface area contributed by atoms with Crippen molar-refractivity contribution >= 4 is 27.6 Å². The van der Waals surface area contributed by atoms with E-state index >= 15 is 0 Å². The summed E-state index contributed by atoms with van der Waals surface area (Å²) in [7, 11) is 0. The number of piperazine rings is 1. The molecule has 1 N–H and O–H groups in total. The van der Waals surface area contributed by atoms with Crippen molar-refractivity contribution in [2.45, 2.75) is 97.6 Å². The van der Waals surface area contributed by atoms with Crippen LogP contribution in [0.4, 0.5) is 5.69 Å². The molecule has 1 saturated heterocycles. The number of aliphatic hydroxyl groups is 1. The van der Waals surface area contributed by atoms with Crippen molar-refractivity contribution in [2.75, 3.05) is 31.1 Å². The second-order valence-electron chi connectivity index (χ2n) is 11.4. The topological polar surface area (TPSA) is 26.7 Å². The van der Waals surface area contributed by atoms with Crippen molar-refractivity contribution in [3.05, 3.63) is 59.7 Å². The molecule has 0 spiro atoms. The Hall–Kier alpha value is -1.04. The molecule has 3 nitrogen and oxygen atoms in total. The monoisotopic (exact) mass is 598 g/mol. The number of hydrogen-bond donors (Lipinski definition) is 1. The number of hydrogen-bond acceptors (Lipinski definition) is 3. The molecule has 1 aliphatic carbocycles. The van der Waals surface area contributed by atoms with Crippen molar-refractivity contribution in [1.82, 2.24) is 4.90 Å². The first-order chi connectivity index (χ1) is 17.6. The summed E-state index contributed by atoms with van der Waals surface area (Å²) in [6.45, 7) is 11.3. The first-order valence-corrected chi connectivity index (χ1v) is 22.4. The van der Waals surface area contributed by atoms with Gasteiger partial charge in [-0.25, -0.2) is 0 Å². The first kappa shape index (κ1) is 28.0. The standard InChI is InChI=1S/C20H23N2O.3C4H9.Sn/c23-20-15-17-7-5-4-6-16(17)14-19(20)22-12-10-21(11-13-22)18-8-2-1-3-9-18;3*1-3-4-2;/h1-5,7-9,19-20,23H,10-15H2;3*1,3-4H2,2H3;/t19-,20-;;;;/m1..../s1. The molecule has 0 radical (unpaired) electrons. The van der Waals surface area contributed by atoms with Crippen molar-refractivity contribution in [2.24, 2.45) is 0 Å². The maximum atomic E-state index is 11.3. The van der Waals surface area contributed by atoms with E-state index in [1.54, 1.807) is 5.56 Å². The number of aliphatic hydroxyl groups excluding tert-OH is 1. The van der Waals surface area contributed by atoms with Gasteiger partial charge in [-0.3, -0.25) is 0 Å². The molecule has 0 amide bonds. The van der Waals surface area contributed by atoms with Crippen LogP contribution in [0.2, 0.25) is 13.3 Å². The number of anilines is 1. The quantitative estimate of drug-likeness (QED) is 0.288. The van der Waals surface area contributed by atoms with E-state index in [1.165, 1.54) is 63.1 Å². The Morgan fingerprint density at radius 1 is 0.750 bits per heavy atom. The number of benzene rings is 2. The summed E-state index contributed by atoms with van der Waals surface area (Å²) in [4.78, 5) is 5.12. The van der Waals surface area contributed by atoms with Crippen LogP contribution in [0, 0.1) is 0 Å². The molecule has 0 saturated carbocycles. The molecule has 4 heteroatoms. The second-order valence-corrected chi connectivity index (χ2v) is 24.6. The average molecular weight is 597 g/mol. The zero-order valence-electron chi connectivity index (χ0n) is 23.2. The van der Waals surface area contributed by atoms with Crippen molar-refractivity contribution in [1.29, 1.82) is 0 Å². The third-order valence-electron chi connectivity index (χ3n) is 9.06. The van der Waals surface area contributed by atoms with Crippen LogP contribution in [-0.4, -0.2) is 66.7 Å². The Labute approximate surface area is 225 Å². The van der Waals surface area contributed by atoms with Crippen LogP contribution in [0.3, 0.4) is 0 Å². The summed E-state index contributed by atoms with van der Waals surface area (Å²) in [5.41, 5.74) is 4.47. The fourth-order valence-electron chi connectivity index (χ4n) is 6.92. The average Bonchev–Trinajstić information content (AvgIpc) is 2.93. The Morgan fingerprint density at radius 3 is 1.94 bits per heavy atom. The summed E-state index contributed by atoms with van der Waals surface area (Å²) in [5.74, 6) is 0. The fraction of sp³-hybridized carbons (Fsp3) is 0.625. The van der Waals surface area contributed by atoms with Gasteiger partial charge in [0.2, 0.25) is 0 Å².